The highest BCUT2D eigenvalue weighted by Crippen LogP contribution is 2.29. The lowest BCUT2D eigenvalue weighted by molar-refractivity contribution is -0.115. The third-order valence-corrected chi connectivity index (χ3v) is 4.18. The quantitative estimate of drug-likeness (QED) is 0.876. The number of rotatable bonds is 1. The number of hydrogen-bond acceptors (Lipinski definition) is 3. The van der Waals surface area contributed by atoms with E-state index in [1.54, 1.807) is 12.3 Å². The van der Waals surface area contributed by atoms with Crippen molar-refractivity contribution in [1.29, 1.82) is 0 Å². The number of anilines is 2. The first-order valence-corrected chi connectivity index (χ1v) is 7.41. The number of fused-ring (bicyclic) bond motifs is 2. The van der Waals surface area contributed by atoms with Crippen LogP contribution in [0, 0.1) is 0 Å². The number of nitrogens with zero attached hydrogens (tertiary/aromatic N) is 2. The molecule has 1 N–H and O–H groups in total. The molecular weight excluding hydrogens is 278 g/mol. The van der Waals surface area contributed by atoms with Crippen LogP contribution in [-0.2, 0) is 17.6 Å². The fraction of sp³-hybridized carbons (Fsp3) is 0.235. The summed E-state index contributed by atoms with van der Waals surface area (Å²) in [4.78, 5) is 30.2. The molecule has 0 unspecified atom stereocenters. The first-order valence-electron chi connectivity index (χ1n) is 7.41. The molecule has 2 amide bonds. The standard InChI is InChI=1S/C17H15N3O2/c21-15-9-12-8-13(10-18-16(12)19-15)17(22)20-7-3-5-11-4-1-2-6-14(11)20/h1-2,4,6,8,10H,3,5,7,9H2,(H,18,19,21). The Morgan fingerprint density at radius 2 is 2.09 bits per heavy atom. The first kappa shape index (κ1) is 13.0. The molecule has 0 saturated heterocycles. The Labute approximate surface area is 128 Å². The van der Waals surface area contributed by atoms with Crippen molar-refractivity contribution in [3.05, 3.63) is 53.2 Å². The van der Waals surface area contributed by atoms with E-state index in [9.17, 15) is 9.59 Å². The number of hydrogen-bond donors (Lipinski definition) is 1. The van der Waals surface area contributed by atoms with Gasteiger partial charge in [-0.25, -0.2) is 4.98 Å². The number of para-hydroxylation sites is 1. The zero-order chi connectivity index (χ0) is 15.1. The van der Waals surface area contributed by atoms with E-state index in [2.05, 4.69) is 16.4 Å². The molecule has 2 aliphatic rings. The van der Waals surface area contributed by atoms with Crippen molar-refractivity contribution in [3.63, 3.8) is 0 Å². The Morgan fingerprint density at radius 1 is 1.23 bits per heavy atom. The van der Waals surface area contributed by atoms with Crippen LogP contribution in [0.2, 0.25) is 0 Å². The summed E-state index contributed by atoms with van der Waals surface area (Å²) in [7, 11) is 0. The molecule has 0 spiro atoms. The second-order valence-corrected chi connectivity index (χ2v) is 5.65. The summed E-state index contributed by atoms with van der Waals surface area (Å²) in [5.41, 5.74) is 3.51. The van der Waals surface area contributed by atoms with Crippen LogP contribution in [0.25, 0.3) is 0 Å². The number of aromatic nitrogens is 1. The first-order chi connectivity index (χ1) is 10.7. The third-order valence-electron chi connectivity index (χ3n) is 4.18. The van der Waals surface area contributed by atoms with Gasteiger partial charge in [0.1, 0.15) is 5.82 Å². The van der Waals surface area contributed by atoms with Gasteiger partial charge in [0.05, 0.1) is 12.0 Å². The molecule has 4 rings (SSSR count). The zero-order valence-corrected chi connectivity index (χ0v) is 12.0. The number of carbonyl (C=O) groups is 2. The topological polar surface area (TPSA) is 62.3 Å². The van der Waals surface area contributed by atoms with Crippen LogP contribution in [0.5, 0.6) is 0 Å². The average molecular weight is 293 g/mol. The average Bonchev–Trinajstić information content (AvgIpc) is 2.92. The van der Waals surface area contributed by atoms with Gasteiger partial charge in [0.15, 0.2) is 0 Å². The fourth-order valence-corrected chi connectivity index (χ4v) is 3.12. The summed E-state index contributed by atoms with van der Waals surface area (Å²) in [6, 6.07) is 9.78. The second-order valence-electron chi connectivity index (χ2n) is 5.65. The summed E-state index contributed by atoms with van der Waals surface area (Å²) >= 11 is 0. The van der Waals surface area contributed by atoms with E-state index < -0.39 is 0 Å². The zero-order valence-electron chi connectivity index (χ0n) is 12.0. The molecule has 0 fully saturated rings. The van der Waals surface area contributed by atoms with E-state index in [-0.39, 0.29) is 11.8 Å². The van der Waals surface area contributed by atoms with E-state index in [4.69, 9.17) is 0 Å². The molecule has 0 radical (unpaired) electrons. The maximum Gasteiger partial charge on any atom is 0.259 e. The molecule has 5 heteroatoms. The Kier molecular flexibility index (Phi) is 2.92. The minimum absolute atomic E-state index is 0.0539. The van der Waals surface area contributed by atoms with Gasteiger partial charge in [-0.05, 0) is 30.5 Å². The number of nitrogens with one attached hydrogen (secondary N) is 1. The summed E-state index contributed by atoms with van der Waals surface area (Å²) in [5, 5.41) is 2.68. The number of amides is 2. The lowest BCUT2D eigenvalue weighted by Crippen LogP contribution is -2.35. The Hall–Kier alpha value is -2.69. The van der Waals surface area contributed by atoms with Gasteiger partial charge >= 0.3 is 0 Å². The van der Waals surface area contributed by atoms with Crippen LogP contribution < -0.4 is 10.2 Å². The predicted octanol–water partition coefficient (Wildman–Crippen LogP) is 2.17. The van der Waals surface area contributed by atoms with Crippen molar-refractivity contribution in [3.8, 4) is 0 Å². The molecular formula is C17H15N3O2. The van der Waals surface area contributed by atoms with Gasteiger partial charge in [-0.15, -0.1) is 0 Å². The monoisotopic (exact) mass is 293 g/mol. The Morgan fingerprint density at radius 3 is 3.00 bits per heavy atom. The van der Waals surface area contributed by atoms with Crippen molar-refractivity contribution in [1.82, 2.24) is 4.98 Å². The van der Waals surface area contributed by atoms with E-state index in [0.717, 1.165) is 24.1 Å². The van der Waals surface area contributed by atoms with E-state index in [0.29, 0.717) is 24.3 Å². The lowest BCUT2D eigenvalue weighted by Gasteiger charge is -2.29. The molecule has 5 nitrogen and oxygen atoms in total. The third kappa shape index (κ3) is 2.06. The maximum atomic E-state index is 12.8. The molecule has 110 valence electrons. The Balaban J connectivity index is 1.69. The van der Waals surface area contributed by atoms with Gasteiger partial charge in [-0.2, -0.15) is 0 Å². The van der Waals surface area contributed by atoms with E-state index in [1.807, 2.05) is 23.1 Å². The van der Waals surface area contributed by atoms with Gasteiger partial charge in [-0.1, -0.05) is 18.2 Å². The van der Waals surface area contributed by atoms with Crippen LogP contribution in [-0.4, -0.2) is 23.3 Å². The van der Waals surface area contributed by atoms with Gasteiger partial charge in [-0.3, -0.25) is 9.59 Å². The summed E-state index contributed by atoms with van der Waals surface area (Å²) in [5.74, 6) is 0.442. The van der Waals surface area contributed by atoms with Gasteiger partial charge in [0, 0.05) is 24.0 Å². The predicted molar refractivity (Wildman–Crippen MR) is 83.0 cm³/mol. The van der Waals surface area contributed by atoms with Crippen molar-refractivity contribution < 1.29 is 9.59 Å². The Bertz CT molecular complexity index is 785. The molecule has 2 aliphatic heterocycles. The van der Waals surface area contributed by atoms with Crippen LogP contribution in [0.4, 0.5) is 11.5 Å². The molecule has 22 heavy (non-hydrogen) atoms. The molecule has 0 bridgehead atoms. The van der Waals surface area contributed by atoms with Crippen LogP contribution in [0.15, 0.2) is 36.5 Å². The minimum atomic E-state index is -0.0737. The molecule has 0 aliphatic carbocycles. The van der Waals surface area contributed by atoms with E-state index >= 15 is 0 Å². The van der Waals surface area contributed by atoms with Crippen LogP contribution in [0.1, 0.15) is 27.9 Å². The van der Waals surface area contributed by atoms with Gasteiger partial charge < -0.3 is 10.2 Å². The highest BCUT2D eigenvalue weighted by atomic mass is 16.2. The summed E-state index contributed by atoms with van der Waals surface area (Å²) < 4.78 is 0. The molecule has 3 heterocycles. The van der Waals surface area contributed by atoms with Crippen molar-refractivity contribution in [2.75, 3.05) is 16.8 Å². The number of benzene rings is 1. The van der Waals surface area contributed by atoms with Gasteiger partial charge in [0.2, 0.25) is 5.91 Å². The van der Waals surface area contributed by atoms with Crippen molar-refractivity contribution in [2.45, 2.75) is 19.3 Å². The summed E-state index contributed by atoms with van der Waals surface area (Å²) in [6.07, 6.45) is 3.80. The molecule has 1 aromatic carbocycles. The largest absolute Gasteiger partial charge is 0.310 e. The van der Waals surface area contributed by atoms with Crippen molar-refractivity contribution in [2.24, 2.45) is 0 Å². The molecule has 1 aromatic heterocycles. The van der Waals surface area contributed by atoms with Gasteiger partial charge in [0.25, 0.3) is 5.91 Å². The smallest absolute Gasteiger partial charge is 0.259 e. The van der Waals surface area contributed by atoms with E-state index in [1.165, 1.54) is 5.56 Å². The fourth-order valence-electron chi connectivity index (χ4n) is 3.12. The second kappa shape index (κ2) is 4.94. The van der Waals surface area contributed by atoms with Crippen LogP contribution >= 0.6 is 0 Å². The normalized spacial score (nSPS) is 16.0. The highest BCUT2D eigenvalue weighted by molar-refractivity contribution is 6.07. The number of carbonyl (C=O) groups excluding carboxylic acids is 2. The molecule has 0 saturated carbocycles. The molecule has 2 aromatic rings. The van der Waals surface area contributed by atoms with Crippen LogP contribution in [0.3, 0.4) is 0 Å². The summed E-state index contributed by atoms with van der Waals surface area (Å²) in [6.45, 7) is 0.712. The van der Waals surface area contributed by atoms with Crippen molar-refractivity contribution >= 4 is 23.3 Å². The lowest BCUT2D eigenvalue weighted by atomic mass is 10.0. The maximum absolute atomic E-state index is 12.8. The minimum Gasteiger partial charge on any atom is -0.310 e. The number of pyridine rings is 1. The SMILES string of the molecule is O=C1Cc2cc(C(=O)N3CCCc4ccccc43)cnc2N1. The highest BCUT2D eigenvalue weighted by Gasteiger charge is 2.26. The number of aryl methyl sites for hydroxylation is 1. The molecule has 0 atom stereocenters.